The van der Waals surface area contributed by atoms with Crippen LogP contribution in [0.4, 0.5) is 5.13 Å². The van der Waals surface area contributed by atoms with Gasteiger partial charge < -0.3 is 10.1 Å². The largest absolute Gasteiger partial charge is 0.469 e. The van der Waals surface area contributed by atoms with Crippen LogP contribution in [0, 0.1) is 5.92 Å². The summed E-state index contributed by atoms with van der Waals surface area (Å²) in [6.07, 6.45) is 1.37. The zero-order valence-electron chi connectivity index (χ0n) is 9.95. The first-order valence-electron chi connectivity index (χ1n) is 5.37. The smallest absolute Gasteiger partial charge is 0.311 e. The quantitative estimate of drug-likeness (QED) is 0.778. The third-order valence-corrected chi connectivity index (χ3v) is 2.95. The lowest BCUT2D eigenvalue weighted by Gasteiger charge is -2.04. The Morgan fingerprint density at radius 3 is 3.00 bits per heavy atom. The van der Waals surface area contributed by atoms with Crippen LogP contribution in [0.2, 0.25) is 0 Å². The SMILES string of the molecule is COC(=O)Cc1csc(NCCC(C)C)n1. The number of rotatable bonds is 6. The van der Waals surface area contributed by atoms with E-state index in [1.807, 2.05) is 5.38 Å². The fourth-order valence-corrected chi connectivity index (χ4v) is 1.90. The van der Waals surface area contributed by atoms with E-state index in [4.69, 9.17) is 0 Å². The van der Waals surface area contributed by atoms with Gasteiger partial charge in [0, 0.05) is 11.9 Å². The summed E-state index contributed by atoms with van der Waals surface area (Å²) in [6, 6.07) is 0. The number of ether oxygens (including phenoxy) is 1. The van der Waals surface area contributed by atoms with Gasteiger partial charge in [0.05, 0.1) is 19.2 Å². The summed E-state index contributed by atoms with van der Waals surface area (Å²) in [6.45, 7) is 5.29. The van der Waals surface area contributed by atoms with Gasteiger partial charge in [-0.3, -0.25) is 4.79 Å². The molecule has 0 aliphatic rings. The molecule has 4 nitrogen and oxygen atoms in total. The first-order valence-corrected chi connectivity index (χ1v) is 6.25. The topological polar surface area (TPSA) is 51.2 Å². The molecule has 1 aromatic heterocycles. The van der Waals surface area contributed by atoms with Gasteiger partial charge in [0.25, 0.3) is 0 Å². The first kappa shape index (κ1) is 13.0. The summed E-state index contributed by atoms with van der Waals surface area (Å²) in [4.78, 5) is 15.3. The van der Waals surface area contributed by atoms with E-state index in [0.29, 0.717) is 5.92 Å². The van der Waals surface area contributed by atoms with Crippen LogP contribution in [-0.4, -0.2) is 24.6 Å². The molecule has 1 rings (SSSR count). The highest BCUT2D eigenvalue weighted by Crippen LogP contribution is 2.16. The molecule has 1 aromatic rings. The van der Waals surface area contributed by atoms with Gasteiger partial charge in [-0.2, -0.15) is 0 Å². The van der Waals surface area contributed by atoms with Crippen molar-refractivity contribution in [3.63, 3.8) is 0 Å². The molecule has 1 N–H and O–H groups in total. The molecule has 16 heavy (non-hydrogen) atoms. The fourth-order valence-electron chi connectivity index (χ4n) is 1.16. The third kappa shape index (κ3) is 4.61. The molecule has 0 aromatic carbocycles. The molecule has 1 heterocycles. The van der Waals surface area contributed by atoms with Crippen molar-refractivity contribution in [2.24, 2.45) is 5.92 Å². The fraction of sp³-hybridized carbons (Fsp3) is 0.636. The van der Waals surface area contributed by atoms with E-state index in [-0.39, 0.29) is 12.4 Å². The number of methoxy groups -OCH3 is 1. The number of nitrogens with one attached hydrogen (secondary N) is 1. The first-order chi connectivity index (χ1) is 7.61. The molecule has 0 fully saturated rings. The van der Waals surface area contributed by atoms with Crippen molar-refractivity contribution in [1.29, 1.82) is 0 Å². The molecule has 0 saturated heterocycles. The number of nitrogens with zero attached hydrogens (tertiary/aromatic N) is 1. The van der Waals surface area contributed by atoms with Crippen molar-refractivity contribution < 1.29 is 9.53 Å². The van der Waals surface area contributed by atoms with Crippen LogP contribution in [0.1, 0.15) is 26.0 Å². The van der Waals surface area contributed by atoms with Gasteiger partial charge in [0.1, 0.15) is 0 Å². The molecule has 0 spiro atoms. The molecular formula is C11H18N2O2S. The Morgan fingerprint density at radius 1 is 1.62 bits per heavy atom. The highest BCUT2D eigenvalue weighted by molar-refractivity contribution is 7.13. The monoisotopic (exact) mass is 242 g/mol. The van der Waals surface area contributed by atoms with Crippen molar-refractivity contribution in [3.8, 4) is 0 Å². The second-order valence-corrected chi connectivity index (χ2v) is 4.86. The van der Waals surface area contributed by atoms with Gasteiger partial charge in [0.15, 0.2) is 5.13 Å². The summed E-state index contributed by atoms with van der Waals surface area (Å²) in [5.74, 6) is 0.432. The molecule has 0 aliphatic heterocycles. The van der Waals surface area contributed by atoms with E-state index < -0.39 is 0 Å². The number of hydrogen-bond donors (Lipinski definition) is 1. The molecule has 90 valence electrons. The summed E-state index contributed by atoms with van der Waals surface area (Å²) < 4.78 is 4.58. The van der Waals surface area contributed by atoms with Gasteiger partial charge in [-0.25, -0.2) is 4.98 Å². The minimum atomic E-state index is -0.251. The second-order valence-electron chi connectivity index (χ2n) is 4.01. The molecule has 0 bridgehead atoms. The van der Waals surface area contributed by atoms with E-state index in [1.165, 1.54) is 18.4 Å². The standard InChI is InChI=1S/C11H18N2O2S/c1-8(2)4-5-12-11-13-9(7-16-11)6-10(14)15-3/h7-8H,4-6H2,1-3H3,(H,12,13). The van der Waals surface area contributed by atoms with Crippen LogP contribution in [-0.2, 0) is 16.0 Å². The van der Waals surface area contributed by atoms with Crippen LogP contribution >= 0.6 is 11.3 Å². The van der Waals surface area contributed by atoms with Crippen molar-refractivity contribution in [3.05, 3.63) is 11.1 Å². The number of hydrogen-bond acceptors (Lipinski definition) is 5. The zero-order valence-corrected chi connectivity index (χ0v) is 10.8. The molecule has 0 aliphatic carbocycles. The highest BCUT2D eigenvalue weighted by atomic mass is 32.1. The number of thiazole rings is 1. The summed E-state index contributed by atoms with van der Waals surface area (Å²) in [7, 11) is 1.39. The van der Waals surface area contributed by atoms with E-state index >= 15 is 0 Å². The van der Waals surface area contributed by atoms with E-state index in [0.717, 1.165) is 23.8 Å². The highest BCUT2D eigenvalue weighted by Gasteiger charge is 2.07. The average Bonchev–Trinajstić information content (AvgIpc) is 2.65. The maximum atomic E-state index is 11.0. The van der Waals surface area contributed by atoms with Crippen molar-refractivity contribution in [1.82, 2.24) is 4.98 Å². The lowest BCUT2D eigenvalue weighted by Crippen LogP contribution is -2.06. The third-order valence-electron chi connectivity index (χ3n) is 2.10. The van der Waals surface area contributed by atoms with Crippen LogP contribution in [0.3, 0.4) is 0 Å². The second kappa shape index (κ2) is 6.48. The number of esters is 1. The summed E-state index contributed by atoms with van der Waals surface area (Å²) >= 11 is 1.52. The molecule has 0 unspecified atom stereocenters. The number of carbonyl (C=O) groups is 1. The Labute approximate surface area is 100 Å². The van der Waals surface area contributed by atoms with E-state index in [9.17, 15) is 4.79 Å². The minimum Gasteiger partial charge on any atom is -0.469 e. The van der Waals surface area contributed by atoms with Gasteiger partial charge in [-0.1, -0.05) is 13.8 Å². The Hall–Kier alpha value is -1.10. The summed E-state index contributed by atoms with van der Waals surface area (Å²) in [5, 5.41) is 6.00. The van der Waals surface area contributed by atoms with Crippen LogP contribution in [0.15, 0.2) is 5.38 Å². The maximum absolute atomic E-state index is 11.0. The maximum Gasteiger partial charge on any atom is 0.311 e. The predicted octanol–water partition coefficient (Wildman–Crippen LogP) is 2.32. The number of aromatic nitrogens is 1. The van der Waals surface area contributed by atoms with Gasteiger partial charge in [0.2, 0.25) is 0 Å². The minimum absolute atomic E-state index is 0.249. The van der Waals surface area contributed by atoms with Gasteiger partial charge >= 0.3 is 5.97 Å². The van der Waals surface area contributed by atoms with Crippen LogP contribution in [0.5, 0.6) is 0 Å². The zero-order chi connectivity index (χ0) is 12.0. The Morgan fingerprint density at radius 2 is 2.38 bits per heavy atom. The normalized spacial score (nSPS) is 10.5. The Balaban J connectivity index is 2.36. The predicted molar refractivity (Wildman–Crippen MR) is 65.8 cm³/mol. The number of carbonyl (C=O) groups excluding carboxylic acids is 1. The lowest BCUT2D eigenvalue weighted by atomic mass is 10.1. The summed E-state index contributed by atoms with van der Waals surface area (Å²) in [5.41, 5.74) is 0.767. The Bertz CT molecular complexity index is 336. The number of anilines is 1. The molecule has 0 amide bonds. The van der Waals surface area contributed by atoms with Gasteiger partial charge in [-0.15, -0.1) is 11.3 Å². The van der Waals surface area contributed by atoms with Crippen molar-refractivity contribution >= 4 is 22.4 Å². The molecular weight excluding hydrogens is 224 g/mol. The average molecular weight is 242 g/mol. The molecule has 0 saturated carbocycles. The van der Waals surface area contributed by atoms with Gasteiger partial charge in [-0.05, 0) is 12.3 Å². The van der Waals surface area contributed by atoms with Crippen LogP contribution in [0.25, 0.3) is 0 Å². The molecule has 0 radical (unpaired) electrons. The van der Waals surface area contributed by atoms with Crippen molar-refractivity contribution in [2.45, 2.75) is 26.7 Å². The van der Waals surface area contributed by atoms with Crippen molar-refractivity contribution in [2.75, 3.05) is 19.0 Å². The molecule has 0 atom stereocenters. The molecule has 5 heteroatoms. The van der Waals surface area contributed by atoms with E-state index in [1.54, 1.807) is 0 Å². The van der Waals surface area contributed by atoms with E-state index in [2.05, 4.69) is 28.9 Å². The van der Waals surface area contributed by atoms with Crippen LogP contribution < -0.4 is 5.32 Å². The lowest BCUT2D eigenvalue weighted by molar-refractivity contribution is -0.139. The Kier molecular flexibility index (Phi) is 5.25.